The van der Waals surface area contributed by atoms with Crippen molar-refractivity contribution in [2.24, 2.45) is 5.92 Å². The van der Waals surface area contributed by atoms with Crippen LogP contribution in [0.5, 0.6) is 0 Å². The summed E-state index contributed by atoms with van der Waals surface area (Å²) >= 11 is 0. The number of hydrogen-bond donors (Lipinski definition) is 0. The second-order valence-corrected chi connectivity index (χ2v) is 2.81. The molecule has 1 rings (SSSR count). The number of hydrogen-bond acceptors (Lipinski definition) is 3. The monoisotopic (exact) mass is 160 g/mol. The van der Waals surface area contributed by atoms with E-state index in [1.807, 2.05) is 0 Å². The smallest absolute Gasteiger partial charge is 0.163 e. The summed E-state index contributed by atoms with van der Waals surface area (Å²) in [5.41, 5.74) is 0. The predicted molar refractivity (Wildman–Crippen MR) is 41.1 cm³/mol. The molecule has 0 saturated carbocycles. The molecule has 0 spiro atoms. The molecule has 0 bridgehead atoms. The van der Waals surface area contributed by atoms with E-state index in [4.69, 9.17) is 14.2 Å². The van der Waals surface area contributed by atoms with Gasteiger partial charge in [0.05, 0.1) is 0 Å². The van der Waals surface area contributed by atoms with Crippen LogP contribution in [0.4, 0.5) is 0 Å². The molecule has 3 atom stereocenters. The zero-order valence-electron chi connectivity index (χ0n) is 7.37. The quantitative estimate of drug-likeness (QED) is 0.624. The summed E-state index contributed by atoms with van der Waals surface area (Å²) in [7, 11) is 3.33. The first kappa shape index (κ1) is 8.97. The van der Waals surface area contributed by atoms with E-state index in [1.54, 1.807) is 14.2 Å². The van der Waals surface area contributed by atoms with E-state index in [9.17, 15) is 0 Å². The summed E-state index contributed by atoms with van der Waals surface area (Å²) in [4.78, 5) is 0. The Balaban J connectivity index is 2.41. The first-order valence-electron chi connectivity index (χ1n) is 4.02. The normalized spacial score (nSPS) is 37.9. The molecule has 0 aromatic rings. The third kappa shape index (κ3) is 1.92. The summed E-state index contributed by atoms with van der Waals surface area (Å²) in [6, 6.07) is 0. The molecule has 1 aliphatic heterocycles. The molecule has 0 radical (unpaired) electrons. The van der Waals surface area contributed by atoms with Crippen LogP contribution in [0.2, 0.25) is 0 Å². The van der Waals surface area contributed by atoms with E-state index in [-0.39, 0.29) is 12.6 Å². The lowest BCUT2D eigenvalue weighted by Crippen LogP contribution is -2.18. The van der Waals surface area contributed by atoms with Gasteiger partial charge in [0.1, 0.15) is 0 Å². The molecule has 1 aliphatic rings. The fourth-order valence-corrected chi connectivity index (χ4v) is 1.43. The molecule has 0 N–H and O–H groups in total. The Bertz CT molecular complexity index is 104. The Morgan fingerprint density at radius 2 is 2.09 bits per heavy atom. The maximum atomic E-state index is 5.42. The summed E-state index contributed by atoms with van der Waals surface area (Å²) in [5.74, 6) is 0.491. The average molecular weight is 160 g/mol. The minimum atomic E-state index is -0.0649. The zero-order chi connectivity index (χ0) is 8.27. The molecule has 1 fully saturated rings. The van der Waals surface area contributed by atoms with Crippen LogP contribution in [0, 0.1) is 5.92 Å². The Labute approximate surface area is 67.6 Å². The molecule has 0 aromatic heterocycles. The number of rotatable bonds is 3. The van der Waals surface area contributed by atoms with Crippen molar-refractivity contribution in [2.45, 2.75) is 32.3 Å². The van der Waals surface area contributed by atoms with Gasteiger partial charge in [0.15, 0.2) is 12.6 Å². The van der Waals surface area contributed by atoms with Crippen LogP contribution in [-0.2, 0) is 14.2 Å². The molecule has 0 amide bonds. The molecule has 1 saturated heterocycles. The third-order valence-corrected chi connectivity index (χ3v) is 2.19. The summed E-state index contributed by atoms with van der Waals surface area (Å²) in [6.07, 6.45) is 1.90. The molecule has 3 heteroatoms. The first-order chi connectivity index (χ1) is 5.31. The van der Waals surface area contributed by atoms with Crippen LogP contribution in [0.3, 0.4) is 0 Å². The van der Waals surface area contributed by atoms with Crippen molar-refractivity contribution in [1.82, 2.24) is 0 Å². The molecule has 3 nitrogen and oxygen atoms in total. The summed E-state index contributed by atoms with van der Waals surface area (Å²) < 4.78 is 15.6. The van der Waals surface area contributed by atoms with Gasteiger partial charge in [0, 0.05) is 26.6 Å². The van der Waals surface area contributed by atoms with Gasteiger partial charge in [-0.15, -0.1) is 0 Å². The standard InChI is InChI=1S/C8H16O3/c1-4-6-5-7(9-2)11-8(6)10-3/h6-8H,4-5H2,1-3H3/t6-,7+,8+/m1/s1. The van der Waals surface area contributed by atoms with E-state index < -0.39 is 0 Å². The highest BCUT2D eigenvalue weighted by Gasteiger charge is 2.33. The van der Waals surface area contributed by atoms with Crippen LogP contribution in [0.1, 0.15) is 19.8 Å². The van der Waals surface area contributed by atoms with Crippen molar-refractivity contribution in [1.29, 1.82) is 0 Å². The molecule has 0 aromatic carbocycles. The van der Waals surface area contributed by atoms with E-state index in [0.29, 0.717) is 5.92 Å². The second kappa shape index (κ2) is 4.04. The fraction of sp³-hybridized carbons (Fsp3) is 1.00. The van der Waals surface area contributed by atoms with Gasteiger partial charge < -0.3 is 14.2 Å². The highest BCUT2D eigenvalue weighted by atomic mass is 16.8. The third-order valence-electron chi connectivity index (χ3n) is 2.19. The second-order valence-electron chi connectivity index (χ2n) is 2.81. The van der Waals surface area contributed by atoms with E-state index in [2.05, 4.69) is 6.92 Å². The Morgan fingerprint density at radius 3 is 2.45 bits per heavy atom. The van der Waals surface area contributed by atoms with Gasteiger partial charge in [0.25, 0.3) is 0 Å². The van der Waals surface area contributed by atoms with Gasteiger partial charge in [-0.05, 0) is 6.42 Å². The fourth-order valence-electron chi connectivity index (χ4n) is 1.43. The van der Waals surface area contributed by atoms with E-state index >= 15 is 0 Å². The maximum absolute atomic E-state index is 5.42. The van der Waals surface area contributed by atoms with Crippen molar-refractivity contribution >= 4 is 0 Å². The van der Waals surface area contributed by atoms with Crippen LogP contribution in [0.25, 0.3) is 0 Å². The molecule has 1 heterocycles. The topological polar surface area (TPSA) is 27.7 Å². The lowest BCUT2D eigenvalue weighted by molar-refractivity contribution is -0.193. The molecule has 0 aliphatic carbocycles. The average Bonchev–Trinajstić information content (AvgIpc) is 2.46. The molecule has 66 valence electrons. The molecule has 11 heavy (non-hydrogen) atoms. The lowest BCUT2D eigenvalue weighted by atomic mass is 10.0. The highest BCUT2D eigenvalue weighted by molar-refractivity contribution is 4.70. The van der Waals surface area contributed by atoms with Crippen molar-refractivity contribution in [3.8, 4) is 0 Å². The van der Waals surface area contributed by atoms with Crippen molar-refractivity contribution in [3.05, 3.63) is 0 Å². The molecule has 0 unspecified atom stereocenters. The predicted octanol–water partition coefficient (Wildman–Crippen LogP) is 1.38. The van der Waals surface area contributed by atoms with Crippen molar-refractivity contribution in [2.75, 3.05) is 14.2 Å². The molecular formula is C8H16O3. The van der Waals surface area contributed by atoms with Gasteiger partial charge in [-0.25, -0.2) is 0 Å². The largest absolute Gasteiger partial charge is 0.356 e. The lowest BCUT2D eigenvalue weighted by Gasteiger charge is -2.13. The van der Waals surface area contributed by atoms with Crippen LogP contribution < -0.4 is 0 Å². The van der Waals surface area contributed by atoms with Crippen molar-refractivity contribution in [3.63, 3.8) is 0 Å². The Kier molecular flexibility index (Phi) is 3.30. The first-order valence-corrected chi connectivity index (χ1v) is 4.02. The minimum absolute atomic E-state index is 0.0649. The van der Waals surface area contributed by atoms with Gasteiger partial charge in [-0.2, -0.15) is 0 Å². The van der Waals surface area contributed by atoms with E-state index in [1.165, 1.54) is 0 Å². The minimum Gasteiger partial charge on any atom is -0.356 e. The van der Waals surface area contributed by atoms with Crippen LogP contribution in [-0.4, -0.2) is 26.8 Å². The van der Waals surface area contributed by atoms with Crippen LogP contribution >= 0.6 is 0 Å². The summed E-state index contributed by atoms with van der Waals surface area (Å²) in [5, 5.41) is 0. The van der Waals surface area contributed by atoms with E-state index in [0.717, 1.165) is 12.8 Å². The maximum Gasteiger partial charge on any atom is 0.163 e. The highest BCUT2D eigenvalue weighted by Crippen LogP contribution is 2.29. The zero-order valence-corrected chi connectivity index (χ0v) is 7.37. The van der Waals surface area contributed by atoms with Gasteiger partial charge in [0.2, 0.25) is 0 Å². The summed E-state index contributed by atoms with van der Waals surface area (Å²) in [6.45, 7) is 2.14. The Hall–Kier alpha value is -0.120. The Morgan fingerprint density at radius 1 is 1.36 bits per heavy atom. The van der Waals surface area contributed by atoms with Gasteiger partial charge >= 0.3 is 0 Å². The number of ether oxygens (including phenoxy) is 3. The number of methoxy groups -OCH3 is 2. The van der Waals surface area contributed by atoms with Gasteiger partial charge in [-0.3, -0.25) is 0 Å². The molecular weight excluding hydrogens is 144 g/mol. The van der Waals surface area contributed by atoms with Crippen molar-refractivity contribution < 1.29 is 14.2 Å². The SMILES string of the molecule is CC[C@@H]1C[C@@H](OC)O[C@@H]1OC. The van der Waals surface area contributed by atoms with Gasteiger partial charge in [-0.1, -0.05) is 6.92 Å². The van der Waals surface area contributed by atoms with Crippen LogP contribution in [0.15, 0.2) is 0 Å².